The molecular formula is C15H30N4O2. The van der Waals surface area contributed by atoms with Crippen LogP contribution in [0.25, 0.3) is 0 Å². The van der Waals surface area contributed by atoms with Gasteiger partial charge in [-0.15, -0.1) is 0 Å². The predicted octanol–water partition coefficient (Wildman–Crippen LogP) is 0.126. The second-order valence-corrected chi connectivity index (χ2v) is 5.99. The summed E-state index contributed by atoms with van der Waals surface area (Å²) in [6.07, 6.45) is 3.70. The average molecular weight is 298 g/mol. The van der Waals surface area contributed by atoms with Gasteiger partial charge in [0.25, 0.3) is 0 Å². The molecule has 0 saturated carbocycles. The molecular weight excluding hydrogens is 268 g/mol. The minimum Gasteiger partial charge on any atom is -0.348 e. The number of hydrogen-bond donors (Lipinski definition) is 1. The van der Waals surface area contributed by atoms with Gasteiger partial charge in [0.1, 0.15) is 0 Å². The van der Waals surface area contributed by atoms with E-state index in [2.05, 4.69) is 11.8 Å². The number of nitrogens with zero attached hydrogens (tertiary/aromatic N) is 3. The van der Waals surface area contributed by atoms with Gasteiger partial charge in [0.05, 0.1) is 12.6 Å². The quantitative estimate of drug-likeness (QED) is 0.756. The molecule has 0 aromatic heterocycles. The fourth-order valence-corrected chi connectivity index (χ4v) is 2.46. The summed E-state index contributed by atoms with van der Waals surface area (Å²) >= 11 is 0. The second-order valence-electron chi connectivity index (χ2n) is 5.99. The van der Waals surface area contributed by atoms with Crippen LogP contribution in [0.15, 0.2) is 0 Å². The first-order chi connectivity index (χ1) is 9.95. The Morgan fingerprint density at radius 3 is 2.52 bits per heavy atom. The molecule has 6 nitrogen and oxygen atoms in total. The standard InChI is InChI=1S/C15H30N4O2/c1-4-5-7-13(16)15(21)19-9-6-8-18(10-11-19)12-14(20)17(2)3/h13H,4-12,16H2,1-3H3. The van der Waals surface area contributed by atoms with Gasteiger partial charge in [-0.25, -0.2) is 0 Å². The molecule has 6 heteroatoms. The van der Waals surface area contributed by atoms with Gasteiger partial charge in [-0.05, 0) is 12.8 Å². The van der Waals surface area contributed by atoms with Crippen LogP contribution in [0.5, 0.6) is 0 Å². The van der Waals surface area contributed by atoms with Gasteiger partial charge in [0.15, 0.2) is 0 Å². The lowest BCUT2D eigenvalue weighted by Gasteiger charge is -2.25. The second kappa shape index (κ2) is 9.00. The number of unbranched alkanes of at least 4 members (excludes halogenated alkanes) is 1. The zero-order valence-corrected chi connectivity index (χ0v) is 13.7. The van der Waals surface area contributed by atoms with Gasteiger partial charge in [-0.1, -0.05) is 19.8 Å². The molecule has 0 bridgehead atoms. The number of hydrogen-bond acceptors (Lipinski definition) is 4. The van der Waals surface area contributed by atoms with E-state index in [0.717, 1.165) is 45.3 Å². The summed E-state index contributed by atoms with van der Waals surface area (Å²) in [6.45, 7) is 5.53. The number of amides is 2. The SMILES string of the molecule is CCCCC(N)C(=O)N1CCCN(CC(=O)N(C)C)CC1. The zero-order chi connectivity index (χ0) is 15.8. The normalized spacial score (nSPS) is 18.2. The van der Waals surface area contributed by atoms with Crippen LogP contribution in [0.3, 0.4) is 0 Å². The highest BCUT2D eigenvalue weighted by Crippen LogP contribution is 2.08. The van der Waals surface area contributed by atoms with Crippen LogP contribution in [0.1, 0.15) is 32.6 Å². The Morgan fingerprint density at radius 1 is 1.19 bits per heavy atom. The van der Waals surface area contributed by atoms with E-state index in [0.29, 0.717) is 13.1 Å². The van der Waals surface area contributed by atoms with Crippen molar-refractivity contribution >= 4 is 11.8 Å². The van der Waals surface area contributed by atoms with Crippen molar-refractivity contribution in [3.63, 3.8) is 0 Å². The Bertz CT molecular complexity index is 347. The number of carbonyl (C=O) groups is 2. The Kier molecular flexibility index (Phi) is 7.67. The van der Waals surface area contributed by atoms with E-state index < -0.39 is 0 Å². The Morgan fingerprint density at radius 2 is 1.90 bits per heavy atom. The monoisotopic (exact) mass is 298 g/mol. The van der Waals surface area contributed by atoms with Crippen molar-refractivity contribution in [2.24, 2.45) is 5.73 Å². The highest BCUT2D eigenvalue weighted by Gasteiger charge is 2.24. The molecule has 0 spiro atoms. The van der Waals surface area contributed by atoms with Crippen molar-refractivity contribution in [3.8, 4) is 0 Å². The maximum Gasteiger partial charge on any atom is 0.239 e. The maximum absolute atomic E-state index is 12.3. The molecule has 1 fully saturated rings. The molecule has 2 amide bonds. The summed E-state index contributed by atoms with van der Waals surface area (Å²) in [5.74, 6) is 0.165. The Balaban J connectivity index is 2.44. The van der Waals surface area contributed by atoms with Crippen LogP contribution in [-0.4, -0.2) is 79.4 Å². The highest BCUT2D eigenvalue weighted by atomic mass is 16.2. The third-order valence-corrected chi connectivity index (χ3v) is 3.94. The van der Waals surface area contributed by atoms with E-state index in [-0.39, 0.29) is 17.9 Å². The third-order valence-electron chi connectivity index (χ3n) is 3.94. The van der Waals surface area contributed by atoms with Crippen molar-refractivity contribution < 1.29 is 9.59 Å². The van der Waals surface area contributed by atoms with Gasteiger partial charge < -0.3 is 15.5 Å². The first-order valence-electron chi connectivity index (χ1n) is 7.92. The molecule has 1 rings (SSSR count). The van der Waals surface area contributed by atoms with Gasteiger partial charge in [-0.2, -0.15) is 0 Å². The Hall–Kier alpha value is -1.14. The molecule has 1 heterocycles. The molecule has 21 heavy (non-hydrogen) atoms. The molecule has 0 radical (unpaired) electrons. The largest absolute Gasteiger partial charge is 0.348 e. The Labute approximate surface area is 128 Å². The van der Waals surface area contributed by atoms with Gasteiger partial charge in [0, 0.05) is 40.3 Å². The topological polar surface area (TPSA) is 69.9 Å². The molecule has 1 aliphatic rings. The molecule has 2 N–H and O–H groups in total. The fraction of sp³-hybridized carbons (Fsp3) is 0.867. The van der Waals surface area contributed by atoms with Gasteiger partial charge >= 0.3 is 0 Å². The van der Waals surface area contributed by atoms with E-state index in [4.69, 9.17) is 5.73 Å². The first kappa shape index (κ1) is 17.9. The van der Waals surface area contributed by atoms with Gasteiger partial charge in [-0.3, -0.25) is 14.5 Å². The summed E-state index contributed by atoms with van der Waals surface area (Å²) in [7, 11) is 3.53. The van der Waals surface area contributed by atoms with Crippen molar-refractivity contribution in [3.05, 3.63) is 0 Å². The fourth-order valence-electron chi connectivity index (χ4n) is 2.46. The number of carbonyl (C=O) groups excluding carboxylic acids is 2. The number of rotatable bonds is 6. The molecule has 0 aromatic rings. The van der Waals surface area contributed by atoms with Crippen molar-refractivity contribution in [1.29, 1.82) is 0 Å². The van der Waals surface area contributed by atoms with Crippen LogP contribution in [0.2, 0.25) is 0 Å². The first-order valence-corrected chi connectivity index (χ1v) is 7.92. The lowest BCUT2D eigenvalue weighted by molar-refractivity contribution is -0.132. The summed E-state index contributed by atoms with van der Waals surface area (Å²) < 4.78 is 0. The number of nitrogens with two attached hydrogens (primary N) is 1. The van der Waals surface area contributed by atoms with E-state index in [9.17, 15) is 9.59 Å². The van der Waals surface area contributed by atoms with Crippen LogP contribution in [-0.2, 0) is 9.59 Å². The molecule has 1 unspecified atom stereocenters. The minimum atomic E-state index is -0.375. The molecule has 1 saturated heterocycles. The molecule has 0 aromatic carbocycles. The summed E-state index contributed by atoms with van der Waals surface area (Å²) in [5.41, 5.74) is 5.97. The molecule has 122 valence electrons. The maximum atomic E-state index is 12.3. The third kappa shape index (κ3) is 6.01. The summed E-state index contributed by atoms with van der Waals surface area (Å²) in [4.78, 5) is 29.6. The van der Waals surface area contributed by atoms with Crippen LogP contribution < -0.4 is 5.73 Å². The number of likely N-dealkylation sites (N-methyl/N-ethyl adjacent to an activating group) is 1. The van der Waals surface area contributed by atoms with Crippen molar-refractivity contribution in [2.75, 3.05) is 46.8 Å². The minimum absolute atomic E-state index is 0.0595. The molecule has 0 aliphatic carbocycles. The van der Waals surface area contributed by atoms with Crippen LogP contribution >= 0.6 is 0 Å². The average Bonchev–Trinajstić information content (AvgIpc) is 2.69. The van der Waals surface area contributed by atoms with Crippen LogP contribution in [0, 0.1) is 0 Å². The van der Waals surface area contributed by atoms with Gasteiger partial charge in [0.2, 0.25) is 11.8 Å². The lowest BCUT2D eigenvalue weighted by Crippen LogP contribution is -2.45. The molecule has 1 aliphatic heterocycles. The smallest absolute Gasteiger partial charge is 0.239 e. The zero-order valence-electron chi connectivity index (χ0n) is 13.7. The van der Waals surface area contributed by atoms with Crippen LogP contribution in [0.4, 0.5) is 0 Å². The predicted molar refractivity (Wildman–Crippen MR) is 83.8 cm³/mol. The molecule has 1 atom stereocenters. The summed E-state index contributed by atoms with van der Waals surface area (Å²) in [5, 5.41) is 0. The van der Waals surface area contributed by atoms with E-state index in [1.54, 1.807) is 19.0 Å². The summed E-state index contributed by atoms with van der Waals surface area (Å²) in [6, 6.07) is -0.375. The van der Waals surface area contributed by atoms with E-state index in [1.165, 1.54) is 0 Å². The van der Waals surface area contributed by atoms with Crippen molar-refractivity contribution in [2.45, 2.75) is 38.6 Å². The van der Waals surface area contributed by atoms with Crippen molar-refractivity contribution in [1.82, 2.24) is 14.7 Å². The van der Waals surface area contributed by atoms with E-state index in [1.807, 2.05) is 4.90 Å². The lowest BCUT2D eigenvalue weighted by atomic mass is 10.1. The highest BCUT2D eigenvalue weighted by molar-refractivity contribution is 5.81. The van der Waals surface area contributed by atoms with E-state index >= 15 is 0 Å².